The van der Waals surface area contributed by atoms with Crippen LogP contribution in [0.1, 0.15) is 37.8 Å². The first-order valence-electron chi connectivity index (χ1n) is 10.8. The number of amides is 1. The number of nitrogens with one attached hydrogen (secondary N) is 1. The van der Waals surface area contributed by atoms with E-state index in [9.17, 15) is 4.79 Å². The highest BCUT2D eigenvalue weighted by atomic mass is 16.5. The Kier molecular flexibility index (Phi) is 7.88. The first-order chi connectivity index (χ1) is 14.5. The molecule has 0 aliphatic carbocycles. The average molecular weight is 411 g/mol. The zero-order valence-electron chi connectivity index (χ0n) is 18.4. The molecule has 0 saturated carbocycles. The van der Waals surface area contributed by atoms with Gasteiger partial charge in [-0.3, -0.25) is 9.69 Å². The highest BCUT2D eigenvalue weighted by molar-refractivity contribution is 5.87. The number of likely N-dealkylation sites (N-methyl/N-ethyl adjacent to an activating group) is 1. The van der Waals surface area contributed by atoms with E-state index in [0.717, 1.165) is 49.5 Å². The fourth-order valence-electron chi connectivity index (χ4n) is 3.75. The van der Waals surface area contributed by atoms with Crippen LogP contribution in [0.2, 0.25) is 0 Å². The predicted octanol–water partition coefficient (Wildman–Crippen LogP) is 3.77. The maximum atomic E-state index is 12.8. The fourth-order valence-corrected chi connectivity index (χ4v) is 3.75. The molecule has 1 amide bonds. The molecule has 1 saturated heterocycles. The predicted molar refractivity (Wildman–Crippen MR) is 120 cm³/mol. The van der Waals surface area contributed by atoms with Gasteiger partial charge in [-0.25, -0.2) is 0 Å². The molecule has 0 spiro atoms. The summed E-state index contributed by atoms with van der Waals surface area (Å²) < 4.78 is 11.4. The molecule has 0 aromatic heterocycles. The maximum absolute atomic E-state index is 12.8. The van der Waals surface area contributed by atoms with E-state index < -0.39 is 5.41 Å². The van der Waals surface area contributed by atoms with Crippen molar-refractivity contribution in [3.8, 4) is 5.75 Å². The number of carbonyl (C=O) groups excluding carboxylic acids is 1. The second-order valence-corrected chi connectivity index (χ2v) is 8.49. The van der Waals surface area contributed by atoms with Gasteiger partial charge in [-0.15, -0.1) is 0 Å². The minimum atomic E-state index is -0.579. The topological polar surface area (TPSA) is 50.8 Å². The van der Waals surface area contributed by atoms with Crippen molar-refractivity contribution in [3.63, 3.8) is 0 Å². The van der Waals surface area contributed by atoms with Gasteiger partial charge in [-0.1, -0.05) is 42.5 Å². The van der Waals surface area contributed by atoms with Crippen molar-refractivity contribution in [2.45, 2.75) is 44.7 Å². The Morgan fingerprint density at radius 2 is 1.87 bits per heavy atom. The third-order valence-electron chi connectivity index (χ3n) is 5.94. The van der Waals surface area contributed by atoms with Crippen LogP contribution in [-0.4, -0.2) is 50.3 Å². The van der Waals surface area contributed by atoms with E-state index in [0.29, 0.717) is 19.2 Å². The van der Waals surface area contributed by atoms with Gasteiger partial charge in [0.25, 0.3) is 0 Å². The van der Waals surface area contributed by atoms with Crippen LogP contribution in [0.5, 0.6) is 5.75 Å². The Labute approximate surface area is 180 Å². The van der Waals surface area contributed by atoms with Gasteiger partial charge < -0.3 is 14.8 Å². The van der Waals surface area contributed by atoms with Crippen LogP contribution in [0.3, 0.4) is 0 Å². The molecule has 0 bridgehead atoms. The SMILES string of the molecule is CN(CCOc1cccc(CNC(=O)C(C)(C)c2ccccc2)c1)C1CCOCC1. The first-order valence-corrected chi connectivity index (χ1v) is 10.8. The summed E-state index contributed by atoms with van der Waals surface area (Å²) in [6, 6.07) is 18.4. The van der Waals surface area contributed by atoms with Gasteiger partial charge in [-0.05, 0) is 57.0 Å². The summed E-state index contributed by atoms with van der Waals surface area (Å²) >= 11 is 0. The quantitative estimate of drug-likeness (QED) is 0.684. The van der Waals surface area contributed by atoms with Gasteiger partial charge >= 0.3 is 0 Å². The highest BCUT2D eigenvalue weighted by Gasteiger charge is 2.29. The zero-order valence-corrected chi connectivity index (χ0v) is 18.4. The zero-order chi connectivity index (χ0) is 21.4. The van der Waals surface area contributed by atoms with Crippen LogP contribution in [0.15, 0.2) is 54.6 Å². The molecule has 162 valence electrons. The largest absolute Gasteiger partial charge is 0.492 e. The van der Waals surface area contributed by atoms with Gasteiger partial charge in [0.05, 0.1) is 5.41 Å². The van der Waals surface area contributed by atoms with Gasteiger partial charge in [0.15, 0.2) is 0 Å². The first kappa shape index (κ1) is 22.3. The van der Waals surface area contributed by atoms with E-state index in [1.165, 1.54) is 0 Å². The number of hydrogen-bond donors (Lipinski definition) is 1. The van der Waals surface area contributed by atoms with Crippen molar-refractivity contribution < 1.29 is 14.3 Å². The Morgan fingerprint density at radius 1 is 1.13 bits per heavy atom. The van der Waals surface area contributed by atoms with Crippen molar-refractivity contribution in [2.75, 3.05) is 33.4 Å². The lowest BCUT2D eigenvalue weighted by molar-refractivity contribution is -0.125. The molecule has 3 rings (SSSR count). The molecule has 0 radical (unpaired) electrons. The average Bonchev–Trinajstić information content (AvgIpc) is 2.79. The van der Waals surface area contributed by atoms with E-state index in [-0.39, 0.29) is 5.91 Å². The molecule has 0 unspecified atom stereocenters. The Morgan fingerprint density at radius 3 is 2.60 bits per heavy atom. The number of carbonyl (C=O) groups is 1. The normalized spacial score (nSPS) is 15.2. The van der Waals surface area contributed by atoms with E-state index in [1.54, 1.807) is 0 Å². The Hall–Kier alpha value is -2.37. The van der Waals surface area contributed by atoms with Crippen molar-refractivity contribution in [2.24, 2.45) is 0 Å². The Balaban J connectivity index is 1.47. The van der Waals surface area contributed by atoms with Crippen LogP contribution in [0.25, 0.3) is 0 Å². The van der Waals surface area contributed by atoms with Gasteiger partial charge in [-0.2, -0.15) is 0 Å². The summed E-state index contributed by atoms with van der Waals surface area (Å²) in [6.45, 7) is 7.61. The van der Waals surface area contributed by atoms with Crippen LogP contribution in [-0.2, 0) is 21.5 Å². The second kappa shape index (κ2) is 10.6. The summed E-state index contributed by atoms with van der Waals surface area (Å²) in [7, 11) is 2.15. The molecule has 2 aromatic rings. The third-order valence-corrected chi connectivity index (χ3v) is 5.94. The standard InChI is InChI=1S/C25H34N2O3/c1-25(2,21-9-5-4-6-10-21)24(28)26-19-20-8-7-11-23(18-20)30-17-14-27(3)22-12-15-29-16-13-22/h4-11,18,22H,12-17,19H2,1-3H3,(H,26,28). The summed E-state index contributed by atoms with van der Waals surface area (Å²) in [5.41, 5.74) is 1.46. The second-order valence-electron chi connectivity index (χ2n) is 8.49. The van der Waals surface area contributed by atoms with Gasteiger partial charge in [0.1, 0.15) is 12.4 Å². The lowest BCUT2D eigenvalue weighted by Crippen LogP contribution is -2.39. The summed E-state index contributed by atoms with van der Waals surface area (Å²) in [6.07, 6.45) is 2.18. The van der Waals surface area contributed by atoms with Crippen LogP contribution in [0.4, 0.5) is 0 Å². The fraction of sp³-hybridized carbons (Fsp3) is 0.480. The molecule has 1 heterocycles. The van der Waals surface area contributed by atoms with E-state index >= 15 is 0 Å². The van der Waals surface area contributed by atoms with Gasteiger partial charge in [0, 0.05) is 32.3 Å². The number of rotatable bonds is 9. The molecule has 30 heavy (non-hydrogen) atoms. The third kappa shape index (κ3) is 6.07. The smallest absolute Gasteiger partial charge is 0.230 e. The van der Waals surface area contributed by atoms with Crippen LogP contribution >= 0.6 is 0 Å². The molecule has 1 N–H and O–H groups in total. The van der Waals surface area contributed by atoms with Gasteiger partial charge in [0.2, 0.25) is 5.91 Å². The van der Waals surface area contributed by atoms with Crippen molar-refractivity contribution in [3.05, 3.63) is 65.7 Å². The number of nitrogens with zero attached hydrogens (tertiary/aromatic N) is 1. The molecule has 2 aromatic carbocycles. The minimum Gasteiger partial charge on any atom is -0.492 e. The molecule has 5 nitrogen and oxygen atoms in total. The molecule has 1 aliphatic rings. The van der Waals surface area contributed by atoms with Crippen LogP contribution in [0, 0.1) is 0 Å². The molecular weight excluding hydrogens is 376 g/mol. The monoisotopic (exact) mass is 410 g/mol. The number of hydrogen-bond acceptors (Lipinski definition) is 4. The molecule has 1 aliphatic heterocycles. The lowest BCUT2D eigenvalue weighted by atomic mass is 9.84. The minimum absolute atomic E-state index is 0.0121. The lowest BCUT2D eigenvalue weighted by Gasteiger charge is -2.31. The van der Waals surface area contributed by atoms with E-state index in [4.69, 9.17) is 9.47 Å². The molecule has 0 atom stereocenters. The summed E-state index contributed by atoms with van der Waals surface area (Å²) in [5.74, 6) is 0.850. The van der Waals surface area contributed by atoms with Crippen LogP contribution < -0.4 is 10.1 Å². The summed E-state index contributed by atoms with van der Waals surface area (Å²) in [4.78, 5) is 15.1. The summed E-state index contributed by atoms with van der Waals surface area (Å²) in [5, 5.41) is 3.07. The maximum Gasteiger partial charge on any atom is 0.230 e. The number of benzene rings is 2. The molecule has 5 heteroatoms. The van der Waals surface area contributed by atoms with E-state index in [1.807, 2.05) is 68.4 Å². The molecular formula is C25H34N2O3. The Bertz CT molecular complexity index is 801. The molecule has 1 fully saturated rings. The van der Waals surface area contributed by atoms with Crippen molar-refractivity contribution in [1.82, 2.24) is 10.2 Å². The van der Waals surface area contributed by atoms with Crippen molar-refractivity contribution >= 4 is 5.91 Å². The number of ether oxygens (including phenoxy) is 2. The highest BCUT2D eigenvalue weighted by Crippen LogP contribution is 2.23. The van der Waals surface area contributed by atoms with E-state index in [2.05, 4.69) is 17.3 Å². The van der Waals surface area contributed by atoms with Crippen molar-refractivity contribution in [1.29, 1.82) is 0 Å².